The Morgan fingerprint density at radius 2 is 2.33 bits per heavy atom. The van der Waals surface area contributed by atoms with Crippen molar-refractivity contribution in [1.82, 2.24) is 5.32 Å². The summed E-state index contributed by atoms with van der Waals surface area (Å²) < 4.78 is 5.26. The van der Waals surface area contributed by atoms with Gasteiger partial charge in [0.2, 0.25) is 5.91 Å². The molecule has 4 nitrogen and oxygen atoms in total. The Morgan fingerprint density at radius 1 is 1.60 bits per heavy atom. The van der Waals surface area contributed by atoms with Crippen molar-refractivity contribution in [2.75, 3.05) is 19.8 Å². The fourth-order valence-corrected chi connectivity index (χ4v) is 1.63. The van der Waals surface area contributed by atoms with Gasteiger partial charge in [0.15, 0.2) is 0 Å². The molecule has 0 aromatic carbocycles. The molecule has 1 rings (SSSR count). The smallest absolute Gasteiger partial charge is 0.237 e. The lowest BCUT2D eigenvalue weighted by Gasteiger charge is -2.16. The zero-order valence-corrected chi connectivity index (χ0v) is 9.66. The van der Waals surface area contributed by atoms with Crippen molar-refractivity contribution in [3.05, 3.63) is 0 Å². The summed E-state index contributed by atoms with van der Waals surface area (Å²) in [4.78, 5) is 11.5. The molecule has 3 N–H and O–H groups in total. The molecule has 4 heteroatoms. The number of carbonyl (C=O) groups is 1. The second-order valence-electron chi connectivity index (χ2n) is 4.58. The van der Waals surface area contributed by atoms with E-state index >= 15 is 0 Å². The van der Waals surface area contributed by atoms with E-state index in [1.54, 1.807) is 0 Å². The molecule has 1 aliphatic heterocycles. The molecule has 0 aliphatic carbocycles. The summed E-state index contributed by atoms with van der Waals surface area (Å²) in [6.45, 7) is 6.33. The Kier molecular flexibility index (Phi) is 5.05. The van der Waals surface area contributed by atoms with Crippen LogP contribution in [0.15, 0.2) is 0 Å². The van der Waals surface area contributed by atoms with Crippen LogP contribution in [0.5, 0.6) is 0 Å². The Morgan fingerprint density at radius 3 is 2.87 bits per heavy atom. The molecule has 0 spiro atoms. The molecular weight excluding hydrogens is 192 g/mol. The molecular formula is C11H22N2O2. The quantitative estimate of drug-likeness (QED) is 0.701. The number of nitrogens with one attached hydrogen (secondary N) is 1. The highest BCUT2D eigenvalue weighted by molar-refractivity contribution is 5.81. The van der Waals surface area contributed by atoms with Gasteiger partial charge in [-0.15, -0.1) is 0 Å². The van der Waals surface area contributed by atoms with Gasteiger partial charge in [-0.25, -0.2) is 0 Å². The van der Waals surface area contributed by atoms with E-state index in [1.165, 1.54) is 0 Å². The predicted octanol–water partition coefficient (Wildman–Crippen LogP) is 0.513. The molecule has 0 bridgehead atoms. The predicted molar refractivity (Wildman–Crippen MR) is 59.4 cm³/mol. The summed E-state index contributed by atoms with van der Waals surface area (Å²) in [5.74, 6) is 0.768. The van der Waals surface area contributed by atoms with Crippen LogP contribution in [-0.2, 0) is 9.53 Å². The van der Waals surface area contributed by atoms with Crippen LogP contribution in [0, 0.1) is 11.8 Å². The largest absolute Gasteiger partial charge is 0.381 e. The van der Waals surface area contributed by atoms with E-state index in [-0.39, 0.29) is 17.9 Å². The standard InChI is InChI=1S/C11H22N2O2/c1-8(2)10(12)11(14)13-5-3-9-4-6-15-7-9/h8-10H,3-7,12H2,1-2H3,(H,13,14)/t9?,10-/m1/s1. The van der Waals surface area contributed by atoms with Crippen molar-refractivity contribution in [2.24, 2.45) is 17.6 Å². The molecule has 88 valence electrons. The summed E-state index contributed by atoms with van der Waals surface area (Å²) in [5.41, 5.74) is 5.72. The first-order chi connectivity index (χ1) is 7.11. The van der Waals surface area contributed by atoms with E-state index in [2.05, 4.69) is 5.32 Å². The molecule has 0 aromatic heterocycles. The van der Waals surface area contributed by atoms with Gasteiger partial charge in [0.1, 0.15) is 0 Å². The molecule has 15 heavy (non-hydrogen) atoms. The Hall–Kier alpha value is -0.610. The highest BCUT2D eigenvalue weighted by Crippen LogP contribution is 2.15. The summed E-state index contributed by atoms with van der Waals surface area (Å²) in [7, 11) is 0. The van der Waals surface area contributed by atoms with Crippen LogP contribution < -0.4 is 11.1 Å². The Bertz CT molecular complexity index is 201. The number of ether oxygens (including phenoxy) is 1. The highest BCUT2D eigenvalue weighted by Gasteiger charge is 2.18. The maximum atomic E-state index is 11.5. The van der Waals surface area contributed by atoms with E-state index in [0.29, 0.717) is 12.5 Å². The Balaban J connectivity index is 2.11. The van der Waals surface area contributed by atoms with Crippen molar-refractivity contribution in [3.63, 3.8) is 0 Å². The van der Waals surface area contributed by atoms with Crippen LogP contribution in [0.25, 0.3) is 0 Å². The minimum atomic E-state index is -0.384. The molecule has 0 saturated carbocycles. The third-order valence-corrected chi connectivity index (χ3v) is 2.90. The van der Waals surface area contributed by atoms with Gasteiger partial charge >= 0.3 is 0 Å². The van der Waals surface area contributed by atoms with Crippen molar-refractivity contribution < 1.29 is 9.53 Å². The zero-order valence-electron chi connectivity index (χ0n) is 9.66. The summed E-state index contributed by atoms with van der Waals surface area (Å²) in [6, 6.07) is -0.384. The number of rotatable bonds is 5. The lowest BCUT2D eigenvalue weighted by Crippen LogP contribution is -2.44. The van der Waals surface area contributed by atoms with Crippen LogP contribution in [0.1, 0.15) is 26.7 Å². The van der Waals surface area contributed by atoms with Crippen molar-refractivity contribution in [2.45, 2.75) is 32.7 Å². The summed E-state index contributed by atoms with van der Waals surface area (Å²) in [6.07, 6.45) is 2.11. The first-order valence-corrected chi connectivity index (χ1v) is 5.72. The van der Waals surface area contributed by atoms with Gasteiger partial charge in [-0.2, -0.15) is 0 Å². The third kappa shape index (κ3) is 4.18. The van der Waals surface area contributed by atoms with Crippen molar-refractivity contribution >= 4 is 5.91 Å². The molecule has 1 unspecified atom stereocenters. The van der Waals surface area contributed by atoms with Gasteiger partial charge < -0.3 is 15.8 Å². The number of hydrogen-bond donors (Lipinski definition) is 2. The molecule has 1 saturated heterocycles. The van der Waals surface area contributed by atoms with E-state index < -0.39 is 0 Å². The van der Waals surface area contributed by atoms with Crippen molar-refractivity contribution in [3.8, 4) is 0 Å². The lowest BCUT2D eigenvalue weighted by molar-refractivity contribution is -0.123. The van der Waals surface area contributed by atoms with E-state index in [0.717, 1.165) is 26.1 Å². The number of amides is 1. The monoisotopic (exact) mass is 214 g/mol. The van der Waals surface area contributed by atoms with Gasteiger partial charge in [-0.05, 0) is 24.7 Å². The number of carbonyl (C=O) groups excluding carboxylic acids is 1. The fourth-order valence-electron chi connectivity index (χ4n) is 1.63. The van der Waals surface area contributed by atoms with Crippen molar-refractivity contribution in [1.29, 1.82) is 0 Å². The Labute approximate surface area is 91.5 Å². The topological polar surface area (TPSA) is 64.4 Å². The maximum absolute atomic E-state index is 11.5. The van der Waals surface area contributed by atoms with Crippen LogP contribution in [0.2, 0.25) is 0 Å². The molecule has 1 heterocycles. The second-order valence-corrected chi connectivity index (χ2v) is 4.58. The molecule has 1 amide bonds. The lowest BCUT2D eigenvalue weighted by atomic mass is 10.0. The zero-order chi connectivity index (χ0) is 11.3. The summed E-state index contributed by atoms with van der Waals surface area (Å²) >= 11 is 0. The van der Waals surface area contributed by atoms with Crippen LogP contribution in [-0.4, -0.2) is 31.7 Å². The van der Waals surface area contributed by atoms with Gasteiger partial charge in [-0.3, -0.25) is 4.79 Å². The van der Waals surface area contributed by atoms with E-state index in [9.17, 15) is 4.79 Å². The number of hydrogen-bond acceptors (Lipinski definition) is 3. The maximum Gasteiger partial charge on any atom is 0.237 e. The minimum Gasteiger partial charge on any atom is -0.381 e. The molecule has 0 radical (unpaired) electrons. The average molecular weight is 214 g/mol. The first kappa shape index (κ1) is 12.5. The van der Waals surface area contributed by atoms with Crippen LogP contribution in [0.4, 0.5) is 0 Å². The van der Waals surface area contributed by atoms with Gasteiger partial charge in [0.25, 0.3) is 0 Å². The van der Waals surface area contributed by atoms with Crippen LogP contribution >= 0.6 is 0 Å². The van der Waals surface area contributed by atoms with E-state index in [1.807, 2.05) is 13.8 Å². The second kappa shape index (κ2) is 6.08. The summed E-state index contributed by atoms with van der Waals surface area (Å²) in [5, 5.41) is 2.87. The minimum absolute atomic E-state index is 0.0380. The molecule has 1 fully saturated rings. The normalized spacial score (nSPS) is 23.1. The van der Waals surface area contributed by atoms with Gasteiger partial charge in [-0.1, -0.05) is 13.8 Å². The third-order valence-electron chi connectivity index (χ3n) is 2.90. The van der Waals surface area contributed by atoms with E-state index in [4.69, 9.17) is 10.5 Å². The molecule has 2 atom stereocenters. The first-order valence-electron chi connectivity index (χ1n) is 5.72. The average Bonchev–Trinajstić information content (AvgIpc) is 2.69. The SMILES string of the molecule is CC(C)[C@@H](N)C(=O)NCCC1CCOC1. The molecule has 1 aliphatic rings. The molecule has 0 aromatic rings. The fraction of sp³-hybridized carbons (Fsp3) is 0.909. The van der Waals surface area contributed by atoms with Gasteiger partial charge in [0, 0.05) is 19.8 Å². The van der Waals surface area contributed by atoms with Crippen LogP contribution in [0.3, 0.4) is 0 Å². The number of nitrogens with two attached hydrogens (primary N) is 1. The highest BCUT2D eigenvalue weighted by atomic mass is 16.5. The van der Waals surface area contributed by atoms with Gasteiger partial charge in [0.05, 0.1) is 6.04 Å².